The maximum absolute atomic E-state index is 12.8. The van der Waals surface area contributed by atoms with Crippen LogP contribution in [0.25, 0.3) is 11.1 Å². The van der Waals surface area contributed by atoms with Crippen molar-refractivity contribution in [1.29, 1.82) is 0 Å². The monoisotopic (exact) mass is 556 g/mol. The Kier molecular flexibility index (Phi) is 10.6. The molecule has 0 spiro atoms. The predicted molar refractivity (Wildman–Crippen MR) is 174 cm³/mol. The van der Waals surface area contributed by atoms with Crippen molar-refractivity contribution in [3.05, 3.63) is 143 Å². The van der Waals surface area contributed by atoms with Gasteiger partial charge in [0.1, 0.15) is 5.75 Å². The van der Waals surface area contributed by atoms with Crippen LogP contribution in [0.3, 0.4) is 0 Å². The summed E-state index contributed by atoms with van der Waals surface area (Å²) < 4.78 is 0. The highest BCUT2D eigenvalue weighted by atomic mass is 16.3. The molecule has 0 saturated heterocycles. The maximum Gasteiger partial charge on any atom is 0.228 e. The van der Waals surface area contributed by atoms with Crippen LogP contribution in [0.5, 0.6) is 5.75 Å². The second-order valence-corrected chi connectivity index (χ2v) is 9.90. The lowest BCUT2D eigenvalue weighted by Gasteiger charge is -2.11. The van der Waals surface area contributed by atoms with E-state index in [1.165, 1.54) is 0 Å². The first kappa shape index (κ1) is 29.7. The third-order valence-electron chi connectivity index (χ3n) is 6.50. The summed E-state index contributed by atoms with van der Waals surface area (Å²) in [6, 6.07) is 33.2. The Morgan fingerprint density at radius 2 is 1.55 bits per heavy atom. The molecule has 0 aromatic heterocycles. The molecule has 4 aromatic rings. The number of nitrogens with one attached hydrogen (secondary N) is 2. The third kappa shape index (κ3) is 8.89. The molecule has 0 unspecified atom stereocenters. The molecule has 0 saturated carbocycles. The van der Waals surface area contributed by atoms with E-state index in [1.54, 1.807) is 25.4 Å². The summed E-state index contributed by atoms with van der Waals surface area (Å²) in [6.45, 7) is 4.40. The number of phenolic OH excluding ortho intramolecular Hbond substituents is 1. The standard InChI is InChI=1S/C36H36N4O2/c1-26(20-21-37-3)39-34(33-14-7-8-15-35(33)41)22-27(2)38-25-29-10-9-13-32(23-29)40-36(42)24-28-16-18-31(19-17-28)30-11-5-4-6-12-30/h4-23,38,41H,24-25H2,1-3H3,(H,40,42). The fraction of sp³-hybridized carbons (Fsp3) is 0.139. The van der Waals surface area contributed by atoms with Crippen LogP contribution in [0.1, 0.15) is 30.5 Å². The fourth-order valence-electron chi connectivity index (χ4n) is 4.36. The number of nitrogens with zero attached hydrogens (tertiary/aromatic N) is 2. The minimum atomic E-state index is -0.0660. The highest BCUT2D eigenvalue weighted by Gasteiger charge is 2.09. The van der Waals surface area contributed by atoms with E-state index < -0.39 is 0 Å². The van der Waals surface area contributed by atoms with Gasteiger partial charge in [0.25, 0.3) is 0 Å². The molecule has 1 amide bonds. The lowest BCUT2D eigenvalue weighted by atomic mass is 10.0. The number of amides is 1. The van der Waals surface area contributed by atoms with Gasteiger partial charge >= 0.3 is 0 Å². The van der Waals surface area contributed by atoms with E-state index in [0.29, 0.717) is 24.2 Å². The minimum Gasteiger partial charge on any atom is -0.507 e. The van der Waals surface area contributed by atoms with E-state index in [0.717, 1.165) is 39.3 Å². The molecule has 6 nitrogen and oxygen atoms in total. The normalized spacial score (nSPS) is 12.4. The molecule has 0 aliphatic heterocycles. The molecule has 0 radical (unpaired) electrons. The van der Waals surface area contributed by atoms with Crippen LogP contribution in [-0.2, 0) is 17.8 Å². The largest absolute Gasteiger partial charge is 0.507 e. The number of benzene rings is 4. The zero-order valence-electron chi connectivity index (χ0n) is 24.2. The third-order valence-corrected chi connectivity index (χ3v) is 6.50. The van der Waals surface area contributed by atoms with Gasteiger partial charge < -0.3 is 15.7 Å². The maximum atomic E-state index is 12.8. The molecule has 0 bridgehead atoms. The molecule has 4 aromatic carbocycles. The number of aromatic hydroxyl groups is 1. The topological polar surface area (TPSA) is 86.1 Å². The summed E-state index contributed by atoms with van der Waals surface area (Å²) in [6.07, 6.45) is 5.70. The van der Waals surface area contributed by atoms with E-state index in [2.05, 4.69) is 27.8 Å². The lowest BCUT2D eigenvalue weighted by Crippen LogP contribution is -2.15. The van der Waals surface area contributed by atoms with Crippen molar-refractivity contribution in [2.24, 2.45) is 9.98 Å². The van der Waals surface area contributed by atoms with Crippen molar-refractivity contribution in [2.75, 3.05) is 12.4 Å². The van der Waals surface area contributed by atoms with Crippen molar-refractivity contribution in [3.63, 3.8) is 0 Å². The SMILES string of the molecule is CN=CC=C(C)N=C(C=C(C)NCc1cccc(NC(=O)Cc2ccc(-c3ccccc3)cc2)c1)c1ccccc1O. The van der Waals surface area contributed by atoms with Crippen molar-refractivity contribution in [3.8, 4) is 16.9 Å². The Balaban J connectivity index is 1.39. The first-order valence-corrected chi connectivity index (χ1v) is 13.8. The number of hydrogen-bond donors (Lipinski definition) is 3. The predicted octanol–water partition coefficient (Wildman–Crippen LogP) is 7.33. The van der Waals surface area contributed by atoms with E-state index in [4.69, 9.17) is 4.99 Å². The molecule has 4 rings (SSSR count). The zero-order valence-corrected chi connectivity index (χ0v) is 24.2. The van der Waals surface area contributed by atoms with E-state index in [1.807, 2.05) is 105 Å². The van der Waals surface area contributed by atoms with Gasteiger partial charge in [0.15, 0.2) is 0 Å². The smallest absolute Gasteiger partial charge is 0.228 e. The number of hydrogen-bond acceptors (Lipinski definition) is 5. The van der Waals surface area contributed by atoms with Crippen LogP contribution in [-0.4, -0.2) is 30.0 Å². The van der Waals surface area contributed by atoms with Crippen LogP contribution in [0.4, 0.5) is 5.69 Å². The molecule has 0 fully saturated rings. The Morgan fingerprint density at radius 1 is 0.833 bits per heavy atom. The van der Waals surface area contributed by atoms with Crippen LogP contribution in [0.15, 0.2) is 137 Å². The average molecular weight is 557 g/mol. The number of carbonyl (C=O) groups is 1. The van der Waals surface area contributed by atoms with Crippen LogP contribution >= 0.6 is 0 Å². The highest BCUT2D eigenvalue weighted by Crippen LogP contribution is 2.21. The van der Waals surface area contributed by atoms with Crippen molar-refractivity contribution in [1.82, 2.24) is 5.32 Å². The average Bonchev–Trinajstić information content (AvgIpc) is 3.00. The number of para-hydroxylation sites is 1. The van der Waals surface area contributed by atoms with E-state index in [-0.39, 0.29) is 11.7 Å². The molecule has 0 heterocycles. The van der Waals surface area contributed by atoms with E-state index in [9.17, 15) is 9.90 Å². The fourth-order valence-corrected chi connectivity index (χ4v) is 4.36. The highest BCUT2D eigenvalue weighted by molar-refractivity contribution is 6.11. The summed E-state index contributed by atoms with van der Waals surface area (Å²) in [5.74, 6) is 0.0940. The van der Waals surface area contributed by atoms with Crippen molar-refractivity contribution >= 4 is 23.5 Å². The number of carbonyl (C=O) groups excluding carboxylic acids is 1. The number of phenols is 1. The van der Waals surface area contributed by atoms with Gasteiger partial charge in [0.05, 0.1) is 12.1 Å². The van der Waals surface area contributed by atoms with Gasteiger partial charge in [-0.3, -0.25) is 14.8 Å². The number of aliphatic imine (C=N–C) groups is 2. The molecule has 3 N–H and O–H groups in total. The van der Waals surface area contributed by atoms with Crippen molar-refractivity contribution < 1.29 is 9.90 Å². The number of rotatable bonds is 11. The molecule has 0 aliphatic carbocycles. The second-order valence-electron chi connectivity index (χ2n) is 9.90. The van der Waals surface area contributed by atoms with Crippen LogP contribution in [0.2, 0.25) is 0 Å². The second kappa shape index (κ2) is 15.0. The number of allylic oxidation sites excluding steroid dienone is 4. The summed E-state index contributed by atoms with van der Waals surface area (Å²) in [4.78, 5) is 21.5. The number of anilines is 1. The van der Waals surface area contributed by atoms with Crippen LogP contribution < -0.4 is 10.6 Å². The van der Waals surface area contributed by atoms with Gasteiger partial charge in [0, 0.05) is 42.5 Å². The first-order chi connectivity index (χ1) is 20.4. The van der Waals surface area contributed by atoms with E-state index >= 15 is 0 Å². The molecule has 0 atom stereocenters. The van der Waals surface area contributed by atoms with Gasteiger partial charge in [0.2, 0.25) is 5.91 Å². The summed E-state index contributed by atoms with van der Waals surface area (Å²) in [7, 11) is 1.70. The molecular formula is C36H36N4O2. The lowest BCUT2D eigenvalue weighted by molar-refractivity contribution is -0.115. The molecular weight excluding hydrogens is 520 g/mol. The first-order valence-electron chi connectivity index (χ1n) is 13.8. The van der Waals surface area contributed by atoms with Crippen LogP contribution in [0, 0.1) is 0 Å². The molecule has 212 valence electrons. The zero-order chi connectivity index (χ0) is 29.7. The Labute approximate surface area is 247 Å². The Bertz CT molecular complexity index is 1620. The molecule has 0 aliphatic rings. The quantitative estimate of drug-likeness (QED) is 0.169. The summed E-state index contributed by atoms with van der Waals surface area (Å²) >= 11 is 0. The van der Waals surface area contributed by atoms with Gasteiger partial charge in [-0.25, -0.2) is 0 Å². The van der Waals surface area contributed by atoms with Gasteiger partial charge in [-0.15, -0.1) is 0 Å². The molecule has 42 heavy (non-hydrogen) atoms. The van der Waals surface area contributed by atoms with Gasteiger partial charge in [-0.1, -0.05) is 78.9 Å². The van der Waals surface area contributed by atoms with Crippen molar-refractivity contribution in [2.45, 2.75) is 26.8 Å². The minimum absolute atomic E-state index is 0.0660. The van der Waals surface area contributed by atoms with Gasteiger partial charge in [-0.05, 0) is 72.5 Å². The molecule has 6 heteroatoms. The summed E-state index contributed by atoms with van der Waals surface area (Å²) in [5, 5.41) is 16.9. The Morgan fingerprint density at radius 3 is 2.29 bits per heavy atom. The summed E-state index contributed by atoms with van der Waals surface area (Å²) in [5.41, 5.74) is 7.91. The van der Waals surface area contributed by atoms with Gasteiger partial charge in [-0.2, -0.15) is 0 Å². The Hall–Kier alpha value is -5.23.